The number of ether oxygens (including phenoxy) is 2. The molecule has 2 N–H and O–H groups in total. The molecule has 0 saturated carbocycles. The van der Waals surface area contributed by atoms with Crippen LogP contribution in [0, 0.1) is 0 Å². The fourth-order valence-corrected chi connectivity index (χ4v) is 2.23. The van der Waals surface area contributed by atoms with E-state index in [0.29, 0.717) is 10.6 Å². The zero-order chi connectivity index (χ0) is 19.1. The Morgan fingerprint density at radius 1 is 1.15 bits per heavy atom. The molecule has 0 aliphatic rings. The highest BCUT2D eigenvalue weighted by atomic mass is 35.5. The molecule has 0 atom stereocenters. The molecule has 138 valence electrons. The molecule has 26 heavy (non-hydrogen) atoms. The number of anilines is 1. The zero-order valence-corrected chi connectivity index (χ0v) is 14.3. The minimum Gasteiger partial charge on any atom is -0.493 e. The second kappa shape index (κ2) is 9.00. The molecule has 6 nitrogen and oxygen atoms in total. The summed E-state index contributed by atoms with van der Waals surface area (Å²) in [6, 6.07) is 10.3. The molecule has 0 unspecified atom stereocenters. The molecule has 2 aromatic carbocycles. The molecule has 0 saturated heterocycles. The number of hydrogen-bond donors (Lipinski definition) is 2. The zero-order valence-electron chi connectivity index (χ0n) is 13.6. The molecular formula is C17H15ClF2N2O4. The number of carbonyl (C=O) groups excluding carboxylic acids is 2. The van der Waals surface area contributed by atoms with E-state index in [-0.39, 0.29) is 23.7 Å². The Morgan fingerprint density at radius 2 is 1.92 bits per heavy atom. The first-order valence-corrected chi connectivity index (χ1v) is 7.73. The van der Waals surface area contributed by atoms with Crippen LogP contribution >= 0.6 is 11.6 Å². The third kappa shape index (κ3) is 5.59. The van der Waals surface area contributed by atoms with Crippen LogP contribution in [0.5, 0.6) is 11.5 Å². The van der Waals surface area contributed by atoms with E-state index in [0.717, 1.165) is 0 Å². The van der Waals surface area contributed by atoms with Crippen LogP contribution in [0.2, 0.25) is 5.02 Å². The van der Waals surface area contributed by atoms with Gasteiger partial charge in [0.05, 0.1) is 13.7 Å². The number of hydrogen-bond acceptors (Lipinski definition) is 4. The fourth-order valence-electron chi connectivity index (χ4n) is 2.04. The average Bonchev–Trinajstić information content (AvgIpc) is 2.59. The Morgan fingerprint density at radius 3 is 2.58 bits per heavy atom. The highest BCUT2D eigenvalue weighted by Crippen LogP contribution is 2.31. The number of amides is 2. The fraction of sp³-hybridized carbons (Fsp3) is 0.176. The van der Waals surface area contributed by atoms with Gasteiger partial charge in [-0.2, -0.15) is 8.78 Å². The molecular weight excluding hydrogens is 370 g/mol. The van der Waals surface area contributed by atoms with Crippen molar-refractivity contribution in [2.45, 2.75) is 6.61 Å². The van der Waals surface area contributed by atoms with Crippen LogP contribution in [0.1, 0.15) is 10.4 Å². The lowest BCUT2D eigenvalue weighted by Gasteiger charge is -2.12. The summed E-state index contributed by atoms with van der Waals surface area (Å²) in [5.41, 5.74) is 0.519. The van der Waals surface area contributed by atoms with E-state index < -0.39 is 18.4 Å². The topological polar surface area (TPSA) is 76.7 Å². The first kappa shape index (κ1) is 19.5. The summed E-state index contributed by atoms with van der Waals surface area (Å²) < 4.78 is 34.1. The number of rotatable bonds is 7. The van der Waals surface area contributed by atoms with Gasteiger partial charge in [0.25, 0.3) is 5.91 Å². The van der Waals surface area contributed by atoms with Crippen molar-refractivity contribution in [2.75, 3.05) is 19.0 Å². The maximum Gasteiger partial charge on any atom is 0.387 e. The lowest BCUT2D eigenvalue weighted by molar-refractivity contribution is -0.115. The van der Waals surface area contributed by atoms with Crippen LogP contribution < -0.4 is 20.1 Å². The van der Waals surface area contributed by atoms with E-state index in [4.69, 9.17) is 16.3 Å². The highest BCUT2D eigenvalue weighted by Gasteiger charge is 2.13. The predicted molar refractivity (Wildman–Crippen MR) is 92.0 cm³/mol. The summed E-state index contributed by atoms with van der Waals surface area (Å²) in [4.78, 5) is 23.9. The van der Waals surface area contributed by atoms with E-state index in [9.17, 15) is 18.4 Å². The number of halogens is 3. The molecule has 0 heterocycles. The normalized spacial score (nSPS) is 10.3. The molecule has 0 aliphatic carbocycles. The number of benzene rings is 2. The van der Waals surface area contributed by atoms with Crippen LogP contribution in [0.3, 0.4) is 0 Å². The van der Waals surface area contributed by atoms with Gasteiger partial charge in [-0.25, -0.2) is 0 Å². The molecule has 2 rings (SSSR count). The largest absolute Gasteiger partial charge is 0.493 e. The molecule has 0 bridgehead atoms. The third-order valence-corrected chi connectivity index (χ3v) is 3.39. The van der Waals surface area contributed by atoms with Gasteiger partial charge in [-0.1, -0.05) is 17.7 Å². The summed E-state index contributed by atoms with van der Waals surface area (Å²) >= 11 is 5.80. The minimum absolute atomic E-state index is 0.0950. The number of nitrogens with one attached hydrogen (secondary N) is 2. The van der Waals surface area contributed by atoms with Crippen molar-refractivity contribution in [2.24, 2.45) is 0 Å². The Labute approximate surface area is 153 Å². The minimum atomic E-state index is -3.04. The summed E-state index contributed by atoms with van der Waals surface area (Å²) in [7, 11) is 1.30. The van der Waals surface area contributed by atoms with Gasteiger partial charge in [0.15, 0.2) is 11.5 Å². The van der Waals surface area contributed by atoms with Gasteiger partial charge in [0, 0.05) is 22.3 Å². The lowest BCUT2D eigenvalue weighted by Crippen LogP contribution is -2.32. The van der Waals surface area contributed by atoms with E-state index in [1.807, 2.05) is 0 Å². The highest BCUT2D eigenvalue weighted by molar-refractivity contribution is 6.31. The summed E-state index contributed by atoms with van der Waals surface area (Å²) in [6.45, 7) is -3.35. The maximum atomic E-state index is 12.4. The molecule has 0 spiro atoms. The SMILES string of the molecule is COc1ccc(NC(=O)CNC(=O)c2cccc(Cl)c2)cc1OC(F)F. The van der Waals surface area contributed by atoms with Gasteiger partial charge in [0.1, 0.15) is 0 Å². The molecule has 0 aromatic heterocycles. The van der Waals surface area contributed by atoms with Gasteiger partial charge < -0.3 is 20.1 Å². The van der Waals surface area contributed by atoms with Crippen molar-refractivity contribution in [3.05, 3.63) is 53.1 Å². The van der Waals surface area contributed by atoms with Crippen LogP contribution in [0.4, 0.5) is 14.5 Å². The number of methoxy groups -OCH3 is 1. The Balaban J connectivity index is 1.96. The third-order valence-electron chi connectivity index (χ3n) is 3.16. The second-order valence-electron chi connectivity index (χ2n) is 4.99. The van der Waals surface area contributed by atoms with Crippen LogP contribution in [-0.4, -0.2) is 32.1 Å². The molecule has 2 amide bonds. The molecule has 9 heteroatoms. The maximum absolute atomic E-state index is 12.4. The Kier molecular flexibility index (Phi) is 6.74. The van der Waals surface area contributed by atoms with E-state index in [1.165, 1.54) is 31.4 Å². The molecule has 0 aliphatic heterocycles. The Hall–Kier alpha value is -2.87. The van der Waals surface area contributed by atoms with E-state index in [1.54, 1.807) is 18.2 Å². The quantitative estimate of drug-likeness (QED) is 0.767. The summed E-state index contributed by atoms with van der Waals surface area (Å²) in [5.74, 6) is -1.14. The molecule has 0 fully saturated rings. The summed E-state index contributed by atoms with van der Waals surface area (Å²) in [5, 5.41) is 5.29. The smallest absolute Gasteiger partial charge is 0.387 e. The second-order valence-corrected chi connectivity index (χ2v) is 5.42. The van der Waals surface area contributed by atoms with Crippen molar-refractivity contribution >= 4 is 29.1 Å². The van der Waals surface area contributed by atoms with Crippen molar-refractivity contribution in [1.82, 2.24) is 5.32 Å². The number of carbonyl (C=O) groups is 2. The van der Waals surface area contributed by atoms with Crippen molar-refractivity contribution in [1.29, 1.82) is 0 Å². The first-order valence-electron chi connectivity index (χ1n) is 7.35. The standard InChI is InChI=1S/C17H15ClF2N2O4/c1-25-13-6-5-12(8-14(13)26-17(19)20)22-15(23)9-21-16(24)10-3-2-4-11(18)7-10/h2-8,17H,9H2,1H3,(H,21,24)(H,22,23). The van der Waals surface area contributed by atoms with Crippen LogP contribution in [0.25, 0.3) is 0 Å². The van der Waals surface area contributed by atoms with Gasteiger partial charge in [-0.3, -0.25) is 9.59 Å². The van der Waals surface area contributed by atoms with Gasteiger partial charge >= 0.3 is 6.61 Å². The van der Waals surface area contributed by atoms with Crippen LogP contribution in [-0.2, 0) is 4.79 Å². The monoisotopic (exact) mass is 384 g/mol. The van der Waals surface area contributed by atoms with E-state index in [2.05, 4.69) is 15.4 Å². The van der Waals surface area contributed by atoms with E-state index >= 15 is 0 Å². The van der Waals surface area contributed by atoms with Crippen molar-refractivity contribution < 1.29 is 27.8 Å². The first-order chi connectivity index (χ1) is 12.4. The van der Waals surface area contributed by atoms with Crippen molar-refractivity contribution in [3.8, 4) is 11.5 Å². The lowest BCUT2D eigenvalue weighted by atomic mass is 10.2. The Bertz CT molecular complexity index is 802. The summed E-state index contributed by atoms with van der Waals surface area (Å²) in [6.07, 6.45) is 0. The molecule has 2 aromatic rings. The van der Waals surface area contributed by atoms with Crippen LogP contribution in [0.15, 0.2) is 42.5 Å². The number of alkyl halides is 2. The molecule has 0 radical (unpaired) electrons. The predicted octanol–water partition coefficient (Wildman–Crippen LogP) is 3.32. The van der Waals surface area contributed by atoms with Crippen molar-refractivity contribution in [3.63, 3.8) is 0 Å². The van der Waals surface area contributed by atoms with Gasteiger partial charge in [-0.05, 0) is 30.3 Å². The van der Waals surface area contributed by atoms with Gasteiger partial charge in [0.2, 0.25) is 5.91 Å². The van der Waals surface area contributed by atoms with Gasteiger partial charge in [-0.15, -0.1) is 0 Å². The average molecular weight is 385 g/mol.